The molecule has 3 heterocycles. The van der Waals surface area contributed by atoms with Crippen molar-refractivity contribution in [1.29, 1.82) is 5.26 Å². The Bertz CT molecular complexity index is 1210. The highest BCUT2D eigenvalue weighted by Gasteiger charge is 2.13. The molecular weight excluding hydrogens is 396 g/mol. The molecule has 1 unspecified atom stereocenters. The molecule has 0 aliphatic carbocycles. The first kappa shape index (κ1) is 20.0. The van der Waals surface area contributed by atoms with Gasteiger partial charge in [0.1, 0.15) is 24.3 Å². The second kappa shape index (κ2) is 8.58. The smallest absolute Gasteiger partial charge is 0.227 e. The molecule has 0 saturated heterocycles. The molecule has 4 aromatic rings. The van der Waals surface area contributed by atoms with Crippen molar-refractivity contribution in [2.45, 2.75) is 26.5 Å². The number of rotatable bonds is 7. The van der Waals surface area contributed by atoms with Crippen LogP contribution >= 0.6 is 0 Å². The summed E-state index contributed by atoms with van der Waals surface area (Å²) < 4.78 is 9.29. The largest absolute Gasteiger partial charge is 0.487 e. The van der Waals surface area contributed by atoms with Gasteiger partial charge in [-0.15, -0.1) is 5.10 Å². The van der Waals surface area contributed by atoms with E-state index in [1.807, 2.05) is 39.2 Å². The number of anilines is 2. The summed E-state index contributed by atoms with van der Waals surface area (Å²) in [7, 11) is 1.86. The Kier molecular flexibility index (Phi) is 5.53. The fourth-order valence-electron chi connectivity index (χ4n) is 3.06. The third-order valence-corrected chi connectivity index (χ3v) is 4.51. The van der Waals surface area contributed by atoms with Gasteiger partial charge in [0, 0.05) is 31.2 Å². The van der Waals surface area contributed by atoms with E-state index in [0.29, 0.717) is 23.8 Å². The zero-order valence-corrected chi connectivity index (χ0v) is 17.3. The highest BCUT2D eigenvalue weighted by molar-refractivity contribution is 5.67. The minimum Gasteiger partial charge on any atom is -0.487 e. The van der Waals surface area contributed by atoms with E-state index in [0.717, 1.165) is 22.5 Å². The molecule has 0 amide bonds. The minimum absolute atomic E-state index is 0.239. The minimum atomic E-state index is -0.239. The van der Waals surface area contributed by atoms with Crippen molar-refractivity contribution in [2.24, 2.45) is 7.05 Å². The van der Waals surface area contributed by atoms with Crippen LogP contribution < -0.4 is 10.1 Å². The van der Waals surface area contributed by atoms with E-state index in [-0.39, 0.29) is 6.10 Å². The number of benzene rings is 1. The van der Waals surface area contributed by atoms with Crippen LogP contribution in [0.5, 0.6) is 5.75 Å². The van der Waals surface area contributed by atoms with Gasteiger partial charge in [0.05, 0.1) is 23.5 Å². The zero-order valence-electron chi connectivity index (χ0n) is 17.3. The molecule has 0 aliphatic heterocycles. The van der Waals surface area contributed by atoms with Gasteiger partial charge in [0.2, 0.25) is 5.95 Å². The van der Waals surface area contributed by atoms with E-state index < -0.39 is 0 Å². The van der Waals surface area contributed by atoms with Crippen LogP contribution in [0.15, 0.2) is 43.1 Å². The van der Waals surface area contributed by atoms with E-state index in [1.165, 1.54) is 6.33 Å². The number of nitrogens with one attached hydrogen (secondary N) is 1. The summed E-state index contributed by atoms with van der Waals surface area (Å²) in [5, 5.41) is 27.9. The molecule has 156 valence electrons. The molecule has 0 spiro atoms. The number of hydrogen-bond acceptors (Lipinski definition) is 9. The number of ether oxygens (including phenoxy) is 1. The van der Waals surface area contributed by atoms with Gasteiger partial charge in [-0.25, -0.2) is 14.6 Å². The topological polar surface area (TPSA) is 132 Å². The molecular formula is C20H20N10O. The van der Waals surface area contributed by atoms with E-state index in [1.54, 1.807) is 27.8 Å². The van der Waals surface area contributed by atoms with Crippen molar-refractivity contribution in [3.8, 4) is 22.9 Å². The third kappa shape index (κ3) is 4.64. The van der Waals surface area contributed by atoms with Crippen molar-refractivity contribution >= 4 is 11.6 Å². The van der Waals surface area contributed by atoms with Gasteiger partial charge in [0.15, 0.2) is 0 Å². The van der Waals surface area contributed by atoms with Gasteiger partial charge in [-0.2, -0.15) is 10.4 Å². The maximum Gasteiger partial charge on any atom is 0.227 e. The summed E-state index contributed by atoms with van der Waals surface area (Å²) >= 11 is 0. The molecule has 3 aromatic heterocycles. The van der Waals surface area contributed by atoms with Crippen molar-refractivity contribution < 1.29 is 4.74 Å². The Morgan fingerprint density at radius 2 is 2.03 bits per heavy atom. The zero-order chi connectivity index (χ0) is 21.8. The van der Waals surface area contributed by atoms with Gasteiger partial charge in [-0.3, -0.25) is 4.68 Å². The lowest BCUT2D eigenvalue weighted by Gasteiger charge is -2.16. The summed E-state index contributed by atoms with van der Waals surface area (Å²) in [6.45, 7) is 4.26. The lowest BCUT2D eigenvalue weighted by molar-refractivity contribution is 0.192. The van der Waals surface area contributed by atoms with Crippen LogP contribution in [-0.4, -0.2) is 46.1 Å². The van der Waals surface area contributed by atoms with Gasteiger partial charge in [-0.05, 0) is 42.0 Å². The first-order valence-electron chi connectivity index (χ1n) is 9.53. The summed E-state index contributed by atoms with van der Waals surface area (Å²) in [6, 6.07) is 7.54. The van der Waals surface area contributed by atoms with E-state index in [4.69, 9.17) is 4.74 Å². The predicted molar refractivity (Wildman–Crippen MR) is 111 cm³/mol. The van der Waals surface area contributed by atoms with Gasteiger partial charge >= 0.3 is 0 Å². The van der Waals surface area contributed by atoms with Crippen molar-refractivity contribution in [3.63, 3.8) is 0 Å². The van der Waals surface area contributed by atoms with Crippen LogP contribution in [0.25, 0.3) is 11.1 Å². The fraction of sp³-hybridized carbons (Fsp3) is 0.250. The number of aromatic nitrogens is 8. The van der Waals surface area contributed by atoms with Crippen LogP contribution in [-0.2, 0) is 13.6 Å². The van der Waals surface area contributed by atoms with Crippen LogP contribution in [0.2, 0.25) is 0 Å². The standard InChI is InChI=1S/C20H20N10O/c1-13(10-30-12-24-27-28-30)31-19-6-15(4-5-16(19)7-21)17-8-22-20(23-9-17)25-18-11-29(3)26-14(18)2/h4-6,8-9,11-13H,10H2,1-3H3,(H,22,23,25). The average Bonchev–Trinajstić information content (AvgIpc) is 3.37. The summed E-state index contributed by atoms with van der Waals surface area (Å²) in [6.07, 6.45) is 6.58. The molecule has 1 N–H and O–H groups in total. The maximum atomic E-state index is 9.44. The number of nitriles is 1. The third-order valence-electron chi connectivity index (χ3n) is 4.51. The fourth-order valence-corrected chi connectivity index (χ4v) is 3.06. The highest BCUT2D eigenvalue weighted by Crippen LogP contribution is 2.28. The molecule has 0 aliphatic rings. The molecule has 0 bridgehead atoms. The first-order chi connectivity index (χ1) is 15.0. The number of nitrogens with zero attached hydrogens (tertiary/aromatic N) is 9. The van der Waals surface area contributed by atoms with Crippen LogP contribution in [0, 0.1) is 18.3 Å². The second-order valence-electron chi connectivity index (χ2n) is 7.01. The molecule has 31 heavy (non-hydrogen) atoms. The van der Waals surface area contributed by atoms with Crippen LogP contribution in [0.1, 0.15) is 18.2 Å². The lowest BCUT2D eigenvalue weighted by Crippen LogP contribution is -2.20. The van der Waals surface area contributed by atoms with E-state index >= 15 is 0 Å². The second-order valence-corrected chi connectivity index (χ2v) is 7.01. The Labute approximate surface area is 178 Å². The number of tetrazole rings is 1. The van der Waals surface area contributed by atoms with Gasteiger partial charge in [-0.1, -0.05) is 6.07 Å². The highest BCUT2D eigenvalue weighted by atomic mass is 16.5. The van der Waals surface area contributed by atoms with Crippen molar-refractivity contribution in [1.82, 2.24) is 40.0 Å². The normalized spacial score (nSPS) is 11.7. The number of aryl methyl sites for hydroxylation is 2. The quantitative estimate of drug-likeness (QED) is 0.481. The van der Waals surface area contributed by atoms with Gasteiger partial charge in [0.25, 0.3) is 0 Å². The Morgan fingerprint density at radius 3 is 2.68 bits per heavy atom. The molecule has 1 aromatic carbocycles. The Balaban J connectivity index is 1.51. The molecule has 11 heteroatoms. The maximum absolute atomic E-state index is 9.44. The van der Waals surface area contributed by atoms with E-state index in [2.05, 4.69) is 42.0 Å². The van der Waals surface area contributed by atoms with Crippen LogP contribution in [0.3, 0.4) is 0 Å². The SMILES string of the molecule is Cc1nn(C)cc1Nc1ncc(-c2ccc(C#N)c(OC(C)Cn3cnnn3)c2)cn1. The van der Waals surface area contributed by atoms with E-state index in [9.17, 15) is 5.26 Å². The van der Waals surface area contributed by atoms with Crippen molar-refractivity contribution in [3.05, 3.63) is 54.4 Å². The first-order valence-corrected chi connectivity index (χ1v) is 9.53. The predicted octanol–water partition coefficient (Wildman–Crippen LogP) is 2.25. The van der Waals surface area contributed by atoms with Gasteiger partial charge < -0.3 is 10.1 Å². The monoisotopic (exact) mass is 416 g/mol. The molecule has 11 nitrogen and oxygen atoms in total. The summed E-state index contributed by atoms with van der Waals surface area (Å²) in [5.74, 6) is 0.953. The molecule has 0 fully saturated rings. The summed E-state index contributed by atoms with van der Waals surface area (Å²) in [5.41, 5.74) is 3.79. The van der Waals surface area contributed by atoms with Crippen molar-refractivity contribution in [2.75, 3.05) is 5.32 Å². The average molecular weight is 416 g/mol. The molecule has 1 atom stereocenters. The summed E-state index contributed by atoms with van der Waals surface area (Å²) in [4.78, 5) is 8.79. The Hall–Kier alpha value is -4.33. The lowest BCUT2D eigenvalue weighted by atomic mass is 10.1. The number of hydrogen-bond donors (Lipinski definition) is 1. The molecule has 4 rings (SSSR count). The van der Waals surface area contributed by atoms with Crippen LogP contribution in [0.4, 0.5) is 11.6 Å². The molecule has 0 saturated carbocycles. The molecule has 0 radical (unpaired) electrons. The Morgan fingerprint density at radius 1 is 1.23 bits per heavy atom.